The smallest absolute Gasteiger partial charge is 0.230 e. The molecule has 1 aliphatic carbocycles. The van der Waals surface area contributed by atoms with Crippen molar-refractivity contribution in [2.24, 2.45) is 0 Å². The molecule has 0 bridgehead atoms. The lowest BCUT2D eigenvalue weighted by molar-refractivity contribution is -0.123. The number of nitrogens with zero attached hydrogens (tertiary/aromatic N) is 1. The minimum atomic E-state index is -3.14. The van der Waals surface area contributed by atoms with E-state index in [4.69, 9.17) is 0 Å². The summed E-state index contributed by atoms with van der Waals surface area (Å²) in [6.07, 6.45) is 2.38. The van der Waals surface area contributed by atoms with Gasteiger partial charge in [-0.1, -0.05) is 29.8 Å². The predicted molar refractivity (Wildman–Crippen MR) is 91.8 cm³/mol. The Labute approximate surface area is 139 Å². The second-order valence-electron chi connectivity index (χ2n) is 6.28. The molecule has 0 saturated heterocycles. The van der Waals surface area contributed by atoms with Gasteiger partial charge in [0.2, 0.25) is 15.9 Å². The Morgan fingerprint density at radius 1 is 1.35 bits per heavy atom. The maximum atomic E-state index is 12.5. The Bertz CT molecular complexity index is 666. The molecular formula is C17H26N2O3S. The molecular weight excluding hydrogens is 312 g/mol. The second kappa shape index (κ2) is 7.01. The van der Waals surface area contributed by atoms with Crippen LogP contribution in [0.2, 0.25) is 0 Å². The topological polar surface area (TPSA) is 66.5 Å². The maximum absolute atomic E-state index is 12.5. The van der Waals surface area contributed by atoms with E-state index in [1.807, 2.05) is 25.1 Å². The first-order valence-corrected chi connectivity index (χ1v) is 9.72. The number of amides is 1. The molecule has 6 heteroatoms. The largest absolute Gasteiger partial charge is 0.355 e. The van der Waals surface area contributed by atoms with Gasteiger partial charge in [0.25, 0.3) is 0 Å². The Morgan fingerprint density at radius 3 is 2.61 bits per heavy atom. The summed E-state index contributed by atoms with van der Waals surface area (Å²) in [5, 5.41) is 2.97. The molecule has 0 aliphatic heterocycles. The molecule has 2 rings (SSSR count). The van der Waals surface area contributed by atoms with E-state index in [-0.39, 0.29) is 17.1 Å². The molecule has 1 N–H and O–H groups in total. The standard InChI is InChI=1S/C17H26N2O3S/c1-4-23(21,22)19(3)12-6-11-18-16(20)17(9-10-17)15-8-5-7-14(2)13-15/h5,7-8,13H,4,6,9-12H2,1-3H3,(H,18,20). The fourth-order valence-corrected chi connectivity index (χ4v) is 3.59. The summed E-state index contributed by atoms with van der Waals surface area (Å²) in [6, 6.07) is 8.11. The Balaban J connectivity index is 1.84. The molecule has 128 valence electrons. The number of carbonyl (C=O) groups is 1. The van der Waals surface area contributed by atoms with Crippen LogP contribution in [0.25, 0.3) is 0 Å². The van der Waals surface area contributed by atoms with Gasteiger partial charge in [-0.15, -0.1) is 0 Å². The van der Waals surface area contributed by atoms with Crippen molar-refractivity contribution < 1.29 is 13.2 Å². The third-order valence-electron chi connectivity index (χ3n) is 4.53. The van der Waals surface area contributed by atoms with Crippen LogP contribution in [0.15, 0.2) is 24.3 Å². The summed E-state index contributed by atoms with van der Waals surface area (Å²) in [4.78, 5) is 12.5. The molecule has 1 amide bonds. The molecule has 0 atom stereocenters. The SMILES string of the molecule is CCS(=O)(=O)N(C)CCCNC(=O)C1(c2cccc(C)c2)CC1. The van der Waals surface area contributed by atoms with Gasteiger partial charge in [-0.2, -0.15) is 0 Å². The van der Waals surface area contributed by atoms with Crippen molar-refractivity contribution in [1.82, 2.24) is 9.62 Å². The van der Waals surface area contributed by atoms with Crippen LogP contribution in [0, 0.1) is 6.92 Å². The Hall–Kier alpha value is -1.40. The predicted octanol–water partition coefficient (Wildman–Crippen LogP) is 1.81. The van der Waals surface area contributed by atoms with Gasteiger partial charge < -0.3 is 5.32 Å². The molecule has 1 aromatic carbocycles. The minimum absolute atomic E-state index is 0.0594. The van der Waals surface area contributed by atoms with Crippen LogP contribution in [0.3, 0.4) is 0 Å². The zero-order chi connectivity index (χ0) is 17.1. The summed E-state index contributed by atoms with van der Waals surface area (Å²) >= 11 is 0. The van der Waals surface area contributed by atoms with Gasteiger partial charge in [0, 0.05) is 20.1 Å². The van der Waals surface area contributed by atoms with E-state index in [0.29, 0.717) is 19.5 Å². The summed E-state index contributed by atoms with van der Waals surface area (Å²) < 4.78 is 24.7. The van der Waals surface area contributed by atoms with Gasteiger partial charge in [0.15, 0.2) is 0 Å². The lowest BCUT2D eigenvalue weighted by Crippen LogP contribution is -2.37. The maximum Gasteiger partial charge on any atom is 0.230 e. The summed E-state index contributed by atoms with van der Waals surface area (Å²) in [5.74, 6) is 0.163. The third kappa shape index (κ3) is 4.12. The molecule has 23 heavy (non-hydrogen) atoms. The monoisotopic (exact) mass is 338 g/mol. The fourth-order valence-electron chi connectivity index (χ4n) is 2.75. The first kappa shape index (κ1) is 17.9. The minimum Gasteiger partial charge on any atom is -0.355 e. The van der Waals surface area contributed by atoms with Gasteiger partial charge in [-0.3, -0.25) is 4.79 Å². The van der Waals surface area contributed by atoms with E-state index in [9.17, 15) is 13.2 Å². The normalized spacial score (nSPS) is 16.3. The first-order valence-electron chi connectivity index (χ1n) is 8.11. The van der Waals surface area contributed by atoms with E-state index < -0.39 is 10.0 Å². The van der Waals surface area contributed by atoms with Crippen LogP contribution in [0.5, 0.6) is 0 Å². The van der Waals surface area contributed by atoms with Crippen molar-refractivity contribution in [3.8, 4) is 0 Å². The number of hydrogen-bond acceptors (Lipinski definition) is 3. The highest BCUT2D eigenvalue weighted by molar-refractivity contribution is 7.89. The van der Waals surface area contributed by atoms with Crippen molar-refractivity contribution in [3.63, 3.8) is 0 Å². The lowest BCUT2D eigenvalue weighted by Gasteiger charge is -2.18. The van der Waals surface area contributed by atoms with E-state index in [1.165, 1.54) is 4.31 Å². The molecule has 5 nitrogen and oxygen atoms in total. The highest BCUT2D eigenvalue weighted by atomic mass is 32.2. The van der Waals surface area contributed by atoms with Crippen LogP contribution in [-0.4, -0.2) is 44.5 Å². The molecule has 0 aromatic heterocycles. The first-order chi connectivity index (χ1) is 10.8. The van der Waals surface area contributed by atoms with Crippen molar-refractivity contribution in [3.05, 3.63) is 35.4 Å². The molecule has 0 spiro atoms. The Kier molecular flexibility index (Phi) is 5.47. The average Bonchev–Trinajstić information content (AvgIpc) is 3.33. The number of benzene rings is 1. The quantitative estimate of drug-likeness (QED) is 0.735. The summed E-state index contributed by atoms with van der Waals surface area (Å²) in [5.41, 5.74) is 1.88. The molecule has 1 aliphatic rings. The number of hydrogen-bond donors (Lipinski definition) is 1. The second-order valence-corrected chi connectivity index (χ2v) is 8.65. The average molecular weight is 338 g/mol. The van der Waals surface area contributed by atoms with Crippen molar-refractivity contribution in [2.75, 3.05) is 25.9 Å². The van der Waals surface area contributed by atoms with Gasteiger partial charge in [-0.25, -0.2) is 12.7 Å². The molecule has 1 fully saturated rings. The van der Waals surface area contributed by atoms with E-state index in [1.54, 1.807) is 14.0 Å². The molecule has 0 heterocycles. The summed E-state index contributed by atoms with van der Waals surface area (Å²) in [6.45, 7) is 4.58. The number of nitrogens with one attached hydrogen (secondary N) is 1. The van der Waals surface area contributed by atoms with E-state index in [2.05, 4.69) is 11.4 Å². The number of carbonyl (C=O) groups excluding carboxylic acids is 1. The van der Waals surface area contributed by atoms with Crippen molar-refractivity contribution in [2.45, 2.75) is 38.5 Å². The van der Waals surface area contributed by atoms with E-state index in [0.717, 1.165) is 24.0 Å². The van der Waals surface area contributed by atoms with Crippen LogP contribution in [0.4, 0.5) is 0 Å². The van der Waals surface area contributed by atoms with Gasteiger partial charge in [0.1, 0.15) is 0 Å². The van der Waals surface area contributed by atoms with Crippen LogP contribution in [0.1, 0.15) is 37.3 Å². The molecule has 1 saturated carbocycles. The summed E-state index contributed by atoms with van der Waals surface area (Å²) in [7, 11) is -1.56. The molecule has 0 radical (unpaired) electrons. The number of sulfonamides is 1. The number of aryl methyl sites for hydroxylation is 1. The van der Waals surface area contributed by atoms with Gasteiger partial charge in [-0.05, 0) is 38.7 Å². The zero-order valence-corrected chi connectivity index (χ0v) is 14.9. The van der Waals surface area contributed by atoms with Crippen molar-refractivity contribution >= 4 is 15.9 Å². The zero-order valence-electron chi connectivity index (χ0n) is 14.1. The molecule has 0 unspecified atom stereocenters. The Morgan fingerprint density at radius 2 is 2.04 bits per heavy atom. The lowest BCUT2D eigenvalue weighted by atomic mass is 9.93. The van der Waals surface area contributed by atoms with Crippen molar-refractivity contribution in [1.29, 1.82) is 0 Å². The highest BCUT2D eigenvalue weighted by Crippen LogP contribution is 2.48. The van der Waals surface area contributed by atoms with Crippen LogP contribution >= 0.6 is 0 Å². The van der Waals surface area contributed by atoms with Gasteiger partial charge >= 0.3 is 0 Å². The van der Waals surface area contributed by atoms with Crippen LogP contribution < -0.4 is 5.32 Å². The van der Waals surface area contributed by atoms with Gasteiger partial charge in [0.05, 0.1) is 11.2 Å². The van der Waals surface area contributed by atoms with E-state index >= 15 is 0 Å². The fraction of sp³-hybridized carbons (Fsp3) is 0.588. The highest BCUT2D eigenvalue weighted by Gasteiger charge is 2.50. The third-order valence-corrected chi connectivity index (χ3v) is 6.39. The number of rotatable bonds is 8. The van der Waals surface area contributed by atoms with Crippen LogP contribution in [-0.2, 0) is 20.2 Å². The molecule has 1 aromatic rings.